The Morgan fingerprint density at radius 3 is 2.57 bits per heavy atom. The van der Waals surface area contributed by atoms with Gasteiger partial charge in [0.15, 0.2) is 0 Å². The van der Waals surface area contributed by atoms with E-state index in [2.05, 4.69) is 48.6 Å². The molecule has 1 aromatic rings. The van der Waals surface area contributed by atoms with Crippen LogP contribution in [0.5, 0.6) is 0 Å². The predicted molar refractivity (Wildman–Crippen MR) is 61.2 cm³/mol. The number of allylic oxidation sites excluding steroid dienone is 4. The smallest absolute Gasteiger partial charge is 0.0133 e. The fourth-order valence-electron chi connectivity index (χ4n) is 1.84. The number of benzene rings is 1. The minimum absolute atomic E-state index is 1.18. The SMILES string of the molecule is C1=CCC(CCCc2ccccc2)=C1. The Kier molecular flexibility index (Phi) is 3.18. The normalized spacial score (nSPS) is 14.4. The maximum Gasteiger partial charge on any atom is -0.0133 e. The van der Waals surface area contributed by atoms with Crippen molar-refractivity contribution in [3.05, 3.63) is 59.7 Å². The largest absolute Gasteiger partial charge is 0.0805 e. The van der Waals surface area contributed by atoms with E-state index >= 15 is 0 Å². The molecule has 72 valence electrons. The van der Waals surface area contributed by atoms with E-state index in [0.717, 1.165) is 0 Å². The van der Waals surface area contributed by atoms with Crippen LogP contribution in [0.3, 0.4) is 0 Å². The van der Waals surface area contributed by atoms with Gasteiger partial charge in [0.05, 0.1) is 0 Å². The van der Waals surface area contributed by atoms with Gasteiger partial charge >= 0.3 is 0 Å². The summed E-state index contributed by atoms with van der Waals surface area (Å²) in [5, 5.41) is 0. The number of aryl methyl sites for hydroxylation is 1. The molecular formula is C14H16. The van der Waals surface area contributed by atoms with Crippen LogP contribution in [0.15, 0.2) is 54.1 Å². The third-order valence-electron chi connectivity index (χ3n) is 2.65. The van der Waals surface area contributed by atoms with E-state index in [1.807, 2.05) is 0 Å². The van der Waals surface area contributed by atoms with Gasteiger partial charge in [0.2, 0.25) is 0 Å². The Morgan fingerprint density at radius 1 is 1.00 bits per heavy atom. The van der Waals surface area contributed by atoms with Crippen LogP contribution in [-0.4, -0.2) is 0 Å². The lowest BCUT2D eigenvalue weighted by Gasteiger charge is -2.02. The molecule has 0 N–H and O–H groups in total. The minimum Gasteiger partial charge on any atom is -0.0805 e. The maximum absolute atomic E-state index is 2.25. The molecule has 0 saturated carbocycles. The summed E-state index contributed by atoms with van der Waals surface area (Å²) in [5.74, 6) is 0. The van der Waals surface area contributed by atoms with Crippen molar-refractivity contribution in [1.82, 2.24) is 0 Å². The van der Waals surface area contributed by atoms with E-state index in [1.165, 1.54) is 31.2 Å². The van der Waals surface area contributed by atoms with E-state index < -0.39 is 0 Å². The quantitative estimate of drug-likeness (QED) is 0.665. The first kappa shape index (κ1) is 9.26. The molecule has 0 heterocycles. The van der Waals surface area contributed by atoms with Crippen molar-refractivity contribution < 1.29 is 0 Å². The van der Waals surface area contributed by atoms with Crippen LogP contribution in [0.25, 0.3) is 0 Å². The summed E-state index contributed by atoms with van der Waals surface area (Å²) in [6.07, 6.45) is 11.6. The molecule has 0 radical (unpaired) electrons. The fourth-order valence-corrected chi connectivity index (χ4v) is 1.84. The molecular weight excluding hydrogens is 168 g/mol. The number of hydrogen-bond donors (Lipinski definition) is 0. The Balaban J connectivity index is 1.73. The molecule has 2 rings (SSSR count). The highest BCUT2D eigenvalue weighted by molar-refractivity contribution is 5.23. The number of hydrogen-bond acceptors (Lipinski definition) is 0. The fraction of sp³-hybridized carbons (Fsp3) is 0.286. The summed E-state index contributed by atoms with van der Waals surface area (Å²) >= 11 is 0. The minimum atomic E-state index is 1.18. The molecule has 0 aliphatic heterocycles. The lowest BCUT2D eigenvalue weighted by molar-refractivity contribution is 0.802. The zero-order valence-electron chi connectivity index (χ0n) is 8.45. The summed E-state index contributed by atoms with van der Waals surface area (Å²) in [4.78, 5) is 0. The molecule has 1 aromatic carbocycles. The second-order valence-electron chi connectivity index (χ2n) is 3.80. The predicted octanol–water partition coefficient (Wildman–Crippen LogP) is 3.90. The van der Waals surface area contributed by atoms with Crippen LogP contribution in [0.4, 0.5) is 0 Å². The van der Waals surface area contributed by atoms with Gasteiger partial charge in [0.25, 0.3) is 0 Å². The lowest BCUT2D eigenvalue weighted by atomic mass is 10.0. The number of rotatable bonds is 4. The first-order valence-corrected chi connectivity index (χ1v) is 5.33. The molecule has 1 aliphatic carbocycles. The van der Waals surface area contributed by atoms with Crippen LogP contribution in [0.2, 0.25) is 0 Å². The van der Waals surface area contributed by atoms with Crippen molar-refractivity contribution in [3.63, 3.8) is 0 Å². The highest BCUT2D eigenvalue weighted by Crippen LogP contribution is 2.17. The molecule has 0 atom stereocenters. The van der Waals surface area contributed by atoms with E-state index in [9.17, 15) is 0 Å². The average molecular weight is 184 g/mol. The molecule has 0 bridgehead atoms. The maximum atomic E-state index is 2.25. The van der Waals surface area contributed by atoms with Gasteiger partial charge in [0.1, 0.15) is 0 Å². The molecule has 0 saturated heterocycles. The van der Waals surface area contributed by atoms with Crippen molar-refractivity contribution in [3.8, 4) is 0 Å². The van der Waals surface area contributed by atoms with Crippen molar-refractivity contribution in [2.45, 2.75) is 25.7 Å². The summed E-state index contributed by atoms with van der Waals surface area (Å²) in [5.41, 5.74) is 3.04. The van der Waals surface area contributed by atoms with Gasteiger partial charge in [-0.1, -0.05) is 54.1 Å². The summed E-state index contributed by atoms with van der Waals surface area (Å²) < 4.78 is 0. The Bertz CT molecular complexity index is 330. The zero-order valence-corrected chi connectivity index (χ0v) is 8.45. The second kappa shape index (κ2) is 4.80. The molecule has 0 fully saturated rings. The van der Waals surface area contributed by atoms with Gasteiger partial charge < -0.3 is 0 Å². The highest BCUT2D eigenvalue weighted by atomic mass is 14.0. The Hall–Kier alpha value is -1.30. The first-order chi connectivity index (χ1) is 6.95. The van der Waals surface area contributed by atoms with Crippen LogP contribution >= 0.6 is 0 Å². The molecule has 1 aliphatic rings. The molecule has 0 heteroatoms. The third-order valence-corrected chi connectivity index (χ3v) is 2.65. The van der Waals surface area contributed by atoms with Gasteiger partial charge in [-0.25, -0.2) is 0 Å². The monoisotopic (exact) mass is 184 g/mol. The van der Waals surface area contributed by atoms with Gasteiger partial charge in [-0.15, -0.1) is 0 Å². The van der Waals surface area contributed by atoms with Crippen LogP contribution in [0, 0.1) is 0 Å². The van der Waals surface area contributed by atoms with Crippen LogP contribution < -0.4 is 0 Å². The first-order valence-electron chi connectivity index (χ1n) is 5.33. The molecule has 0 aromatic heterocycles. The Morgan fingerprint density at radius 2 is 1.86 bits per heavy atom. The standard InChI is InChI=1S/C14H16/c1-2-7-13(8-3-1)11-6-12-14-9-4-5-10-14/h1-5,7-9H,6,10-12H2. The Labute approximate surface area is 86.0 Å². The van der Waals surface area contributed by atoms with Crippen LogP contribution in [-0.2, 0) is 6.42 Å². The lowest BCUT2D eigenvalue weighted by Crippen LogP contribution is -1.86. The summed E-state index contributed by atoms with van der Waals surface area (Å²) in [6.45, 7) is 0. The van der Waals surface area contributed by atoms with E-state index in [4.69, 9.17) is 0 Å². The van der Waals surface area contributed by atoms with Gasteiger partial charge in [-0.2, -0.15) is 0 Å². The molecule has 0 nitrogen and oxygen atoms in total. The van der Waals surface area contributed by atoms with Crippen molar-refractivity contribution in [2.24, 2.45) is 0 Å². The van der Waals surface area contributed by atoms with E-state index in [0.29, 0.717) is 0 Å². The van der Waals surface area contributed by atoms with Gasteiger partial charge in [-0.05, 0) is 31.2 Å². The average Bonchev–Trinajstić information content (AvgIpc) is 2.72. The second-order valence-corrected chi connectivity index (χ2v) is 3.80. The zero-order chi connectivity index (χ0) is 9.64. The third kappa shape index (κ3) is 2.59. The molecule has 14 heavy (non-hydrogen) atoms. The molecule has 0 amide bonds. The molecule has 0 spiro atoms. The van der Waals surface area contributed by atoms with Crippen molar-refractivity contribution in [2.75, 3.05) is 0 Å². The molecule has 0 unspecified atom stereocenters. The van der Waals surface area contributed by atoms with E-state index in [1.54, 1.807) is 5.57 Å². The summed E-state index contributed by atoms with van der Waals surface area (Å²) in [7, 11) is 0. The summed E-state index contributed by atoms with van der Waals surface area (Å²) in [6, 6.07) is 10.7. The van der Waals surface area contributed by atoms with Crippen molar-refractivity contribution in [1.29, 1.82) is 0 Å². The van der Waals surface area contributed by atoms with E-state index in [-0.39, 0.29) is 0 Å². The topological polar surface area (TPSA) is 0 Å². The van der Waals surface area contributed by atoms with Crippen molar-refractivity contribution >= 4 is 0 Å². The highest BCUT2D eigenvalue weighted by Gasteiger charge is 1.99. The van der Waals surface area contributed by atoms with Gasteiger partial charge in [0, 0.05) is 0 Å². The van der Waals surface area contributed by atoms with Crippen LogP contribution in [0.1, 0.15) is 24.8 Å². The van der Waals surface area contributed by atoms with Gasteiger partial charge in [-0.3, -0.25) is 0 Å².